The van der Waals surface area contributed by atoms with Gasteiger partial charge in [-0.25, -0.2) is 15.0 Å². The predicted molar refractivity (Wildman–Crippen MR) is 248 cm³/mol. The van der Waals surface area contributed by atoms with E-state index in [1.54, 1.807) is 0 Å². The molecule has 11 aromatic rings. The molecule has 0 spiro atoms. The van der Waals surface area contributed by atoms with Gasteiger partial charge in [-0.15, -0.1) is 11.3 Å². The molecule has 3 nitrogen and oxygen atoms in total. The average Bonchev–Trinajstić information content (AvgIpc) is 3.72. The molecular formula is C55H35N3S. The number of pyridine rings is 1. The molecule has 4 heteroatoms. The number of fused-ring (bicyclic) bond motifs is 5. The normalized spacial score (nSPS) is 11.4. The molecule has 11 rings (SSSR count). The zero-order valence-corrected chi connectivity index (χ0v) is 32.8. The van der Waals surface area contributed by atoms with Crippen LogP contribution in [0.25, 0.3) is 110 Å². The van der Waals surface area contributed by atoms with Crippen molar-refractivity contribution in [1.82, 2.24) is 15.0 Å². The Balaban J connectivity index is 1.01. The van der Waals surface area contributed by atoms with Crippen LogP contribution in [0.5, 0.6) is 0 Å². The van der Waals surface area contributed by atoms with Gasteiger partial charge >= 0.3 is 0 Å². The largest absolute Gasteiger partial charge is 0.246 e. The van der Waals surface area contributed by atoms with E-state index in [1.807, 2.05) is 23.5 Å². The van der Waals surface area contributed by atoms with E-state index < -0.39 is 0 Å². The lowest BCUT2D eigenvalue weighted by Gasteiger charge is -2.12. The highest BCUT2D eigenvalue weighted by molar-refractivity contribution is 7.26. The van der Waals surface area contributed by atoms with Crippen LogP contribution in [0.2, 0.25) is 0 Å². The summed E-state index contributed by atoms with van der Waals surface area (Å²) in [6.45, 7) is 0. The fourth-order valence-electron chi connectivity index (χ4n) is 8.07. The van der Waals surface area contributed by atoms with Gasteiger partial charge in [0.05, 0.1) is 27.3 Å². The summed E-state index contributed by atoms with van der Waals surface area (Å²) in [6, 6.07) is 74.9. The molecule has 0 aliphatic carbocycles. The molecule has 0 bridgehead atoms. The van der Waals surface area contributed by atoms with Crippen molar-refractivity contribution < 1.29 is 0 Å². The van der Waals surface area contributed by atoms with Gasteiger partial charge < -0.3 is 0 Å². The van der Waals surface area contributed by atoms with Gasteiger partial charge in [-0.2, -0.15) is 0 Å². The highest BCUT2D eigenvalue weighted by Crippen LogP contribution is 2.44. The van der Waals surface area contributed by atoms with E-state index in [2.05, 4.69) is 200 Å². The monoisotopic (exact) mass is 769 g/mol. The first-order chi connectivity index (χ1) is 29.2. The molecule has 3 heterocycles. The minimum Gasteiger partial charge on any atom is -0.246 e. The average molecular weight is 770 g/mol. The summed E-state index contributed by atoms with van der Waals surface area (Å²) in [6.07, 6.45) is 0. The summed E-state index contributed by atoms with van der Waals surface area (Å²) >= 11 is 1.82. The first kappa shape index (κ1) is 34.7. The standard InChI is InChI=1S/C55H35N3S/c1-4-12-36(13-5-1)39-20-24-41(25-21-39)49-35-50(58-55(57-49)44-30-22-40(23-31-44)37-14-6-2-7-15-37)42-26-28-43(29-27-42)53-54-52(46-18-10-11-19-51(46)59-54)47-34-45(32-33-48(47)56-53)38-16-8-3-9-17-38/h1-35H. The predicted octanol–water partition coefficient (Wildman–Crippen LogP) is 15.1. The highest BCUT2D eigenvalue weighted by atomic mass is 32.1. The van der Waals surface area contributed by atoms with Gasteiger partial charge in [0.15, 0.2) is 5.82 Å². The van der Waals surface area contributed by atoms with Crippen molar-refractivity contribution in [3.05, 3.63) is 212 Å². The number of benzene rings is 8. The molecule has 276 valence electrons. The second-order valence-corrected chi connectivity index (χ2v) is 15.8. The van der Waals surface area contributed by atoms with Crippen molar-refractivity contribution in [3.8, 4) is 78.5 Å². The fourth-order valence-corrected chi connectivity index (χ4v) is 9.30. The Morgan fingerprint density at radius 3 is 1.32 bits per heavy atom. The van der Waals surface area contributed by atoms with Crippen LogP contribution in [0.15, 0.2) is 212 Å². The molecule has 0 N–H and O–H groups in total. The molecule has 0 saturated heterocycles. The van der Waals surface area contributed by atoms with E-state index in [9.17, 15) is 0 Å². The van der Waals surface area contributed by atoms with E-state index in [0.29, 0.717) is 5.82 Å². The zero-order chi connectivity index (χ0) is 39.1. The topological polar surface area (TPSA) is 38.7 Å². The quantitative estimate of drug-likeness (QED) is 0.162. The first-order valence-electron chi connectivity index (χ1n) is 19.8. The third-order valence-electron chi connectivity index (χ3n) is 11.1. The van der Waals surface area contributed by atoms with Crippen LogP contribution >= 0.6 is 11.3 Å². The molecule has 0 fully saturated rings. The fraction of sp³-hybridized carbons (Fsp3) is 0. The lowest BCUT2D eigenvalue weighted by atomic mass is 9.98. The van der Waals surface area contributed by atoms with Gasteiger partial charge in [0.2, 0.25) is 0 Å². The van der Waals surface area contributed by atoms with Crippen molar-refractivity contribution in [3.63, 3.8) is 0 Å². The summed E-state index contributed by atoms with van der Waals surface area (Å²) in [5.41, 5.74) is 14.9. The van der Waals surface area contributed by atoms with Crippen LogP contribution in [-0.2, 0) is 0 Å². The minimum absolute atomic E-state index is 0.686. The maximum atomic E-state index is 5.36. The molecule has 0 aliphatic heterocycles. The second-order valence-electron chi connectivity index (χ2n) is 14.8. The van der Waals surface area contributed by atoms with Gasteiger partial charge in [-0.3, -0.25) is 0 Å². The third-order valence-corrected chi connectivity index (χ3v) is 12.3. The number of rotatable bonds is 7. The summed E-state index contributed by atoms with van der Waals surface area (Å²) in [7, 11) is 0. The molecular weight excluding hydrogens is 735 g/mol. The highest BCUT2D eigenvalue weighted by Gasteiger charge is 2.18. The van der Waals surface area contributed by atoms with Crippen molar-refractivity contribution in [2.24, 2.45) is 0 Å². The maximum Gasteiger partial charge on any atom is 0.160 e. The Hall–Kier alpha value is -7.53. The van der Waals surface area contributed by atoms with Crippen LogP contribution in [0.3, 0.4) is 0 Å². The second kappa shape index (κ2) is 14.8. The van der Waals surface area contributed by atoms with Crippen molar-refractivity contribution in [2.75, 3.05) is 0 Å². The molecule has 0 aliphatic rings. The lowest BCUT2D eigenvalue weighted by molar-refractivity contribution is 1.18. The molecule has 59 heavy (non-hydrogen) atoms. The van der Waals surface area contributed by atoms with Crippen LogP contribution in [0.1, 0.15) is 0 Å². The number of hydrogen-bond acceptors (Lipinski definition) is 4. The Kier molecular flexibility index (Phi) is 8.68. The van der Waals surface area contributed by atoms with Gasteiger partial charge in [-0.05, 0) is 57.6 Å². The molecule has 0 unspecified atom stereocenters. The van der Waals surface area contributed by atoms with Gasteiger partial charge in [-0.1, -0.05) is 188 Å². The van der Waals surface area contributed by atoms with Gasteiger partial charge in [0.1, 0.15) is 0 Å². The van der Waals surface area contributed by atoms with Crippen molar-refractivity contribution in [2.45, 2.75) is 0 Å². The molecule has 8 aromatic carbocycles. The minimum atomic E-state index is 0.686. The van der Waals surface area contributed by atoms with Crippen molar-refractivity contribution in [1.29, 1.82) is 0 Å². The Labute approximate surface area is 346 Å². The summed E-state index contributed by atoms with van der Waals surface area (Å²) in [5, 5.41) is 3.69. The summed E-state index contributed by atoms with van der Waals surface area (Å²) in [5.74, 6) is 0.686. The third kappa shape index (κ3) is 6.56. The Morgan fingerprint density at radius 1 is 0.305 bits per heavy atom. The lowest BCUT2D eigenvalue weighted by Crippen LogP contribution is -1.96. The summed E-state index contributed by atoms with van der Waals surface area (Å²) in [4.78, 5) is 15.7. The summed E-state index contributed by atoms with van der Waals surface area (Å²) < 4.78 is 2.45. The number of thiophene rings is 1. The van der Waals surface area contributed by atoms with E-state index in [-0.39, 0.29) is 0 Å². The van der Waals surface area contributed by atoms with Crippen molar-refractivity contribution >= 4 is 42.4 Å². The smallest absolute Gasteiger partial charge is 0.160 e. The van der Waals surface area contributed by atoms with Crippen LogP contribution in [0.4, 0.5) is 0 Å². The van der Waals surface area contributed by atoms with Gasteiger partial charge in [0.25, 0.3) is 0 Å². The molecule has 0 radical (unpaired) electrons. The van der Waals surface area contributed by atoms with Crippen LogP contribution in [-0.4, -0.2) is 15.0 Å². The van der Waals surface area contributed by atoms with Crippen LogP contribution in [0, 0.1) is 0 Å². The first-order valence-corrected chi connectivity index (χ1v) is 20.7. The van der Waals surface area contributed by atoms with E-state index in [0.717, 1.165) is 50.4 Å². The SMILES string of the molecule is c1ccc(-c2ccc(-c3cc(-c4ccc(-c5nc6ccc(-c7ccccc7)cc6c6c5sc5ccccc56)cc4)nc(-c4ccc(-c5ccccc5)cc4)n3)cc2)cc1. The molecule has 0 saturated carbocycles. The Bertz CT molecular complexity index is 3170. The maximum absolute atomic E-state index is 5.36. The number of aromatic nitrogens is 3. The molecule has 0 amide bonds. The van der Waals surface area contributed by atoms with Crippen LogP contribution < -0.4 is 0 Å². The van der Waals surface area contributed by atoms with Gasteiger partial charge in [0, 0.05) is 43.1 Å². The van der Waals surface area contributed by atoms with E-state index in [4.69, 9.17) is 15.0 Å². The van der Waals surface area contributed by atoms with E-state index in [1.165, 1.54) is 53.4 Å². The Morgan fingerprint density at radius 2 is 0.746 bits per heavy atom. The van der Waals surface area contributed by atoms with E-state index >= 15 is 0 Å². The molecule has 0 atom stereocenters. The zero-order valence-electron chi connectivity index (χ0n) is 32.0. The molecule has 3 aromatic heterocycles. The number of hydrogen-bond donors (Lipinski definition) is 0. The number of nitrogens with zero attached hydrogens (tertiary/aromatic N) is 3.